The Morgan fingerprint density at radius 1 is 1.16 bits per heavy atom. The van der Waals surface area contributed by atoms with Crippen molar-refractivity contribution in [2.24, 2.45) is 0 Å². The third-order valence-corrected chi connectivity index (χ3v) is 3.91. The fourth-order valence-corrected chi connectivity index (χ4v) is 2.65. The van der Waals surface area contributed by atoms with Crippen molar-refractivity contribution in [2.45, 2.75) is 46.1 Å². The molecule has 6 heteroatoms. The van der Waals surface area contributed by atoms with Gasteiger partial charge in [-0.15, -0.1) is 0 Å². The number of rotatable bonds is 8. The zero-order valence-corrected chi connectivity index (χ0v) is 15.1. The molecule has 0 saturated carbocycles. The number of para-hydroxylation sites is 1. The number of carbonyl (C=O) groups excluding carboxylic acids is 2. The minimum atomic E-state index is -0.601. The van der Waals surface area contributed by atoms with Gasteiger partial charge in [-0.25, -0.2) is 9.59 Å². The minimum Gasteiger partial charge on any atom is -0.493 e. The molecule has 0 aromatic heterocycles. The number of esters is 1. The standard InChI is InChI=1S/C19H26N2O4/c1-4-6-12-24-15-10-8-7-9-14(15)17-16(18(22)25-11-5-2)13(3)20-19(23)21-17/h7-10,17H,4-6,11-12H2,1-3H3,(H2,20,21,23)/t17-/m1/s1. The van der Waals surface area contributed by atoms with E-state index < -0.39 is 12.0 Å². The topological polar surface area (TPSA) is 76.7 Å². The molecule has 1 aromatic rings. The lowest BCUT2D eigenvalue weighted by Crippen LogP contribution is -2.45. The highest BCUT2D eigenvalue weighted by Crippen LogP contribution is 2.33. The summed E-state index contributed by atoms with van der Waals surface area (Å²) in [5.74, 6) is 0.233. The van der Waals surface area contributed by atoms with Crippen molar-refractivity contribution < 1.29 is 19.1 Å². The van der Waals surface area contributed by atoms with Gasteiger partial charge in [0.05, 0.1) is 24.8 Å². The number of benzene rings is 1. The Bertz CT molecular complexity index is 655. The monoisotopic (exact) mass is 346 g/mol. The number of carbonyl (C=O) groups is 2. The average Bonchev–Trinajstić information content (AvgIpc) is 2.59. The van der Waals surface area contributed by atoms with Crippen LogP contribution >= 0.6 is 0 Å². The normalized spacial score (nSPS) is 16.9. The first-order valence-electron chi connectivity index (χ1n) is 8.75. The molecule has 25 heavy (non-hydrogen) atoms. The molecular formula is C19H26N2O4. The van der Waals surface area contributed by atoms with Crippen LogP contribution in [0.4, 0.5) is 4.79 Å². The molecule has 0 saturated heterocycles. The Morgan fingerprint density at radius 3 is 2.64 bits per heavy atom. The second kappa shape index (κ2) is 9.11. The lowest BCUT2D eigenvalue weighted by Gasteiger charge is -2.29. The summed E-state index contributed by atoms with van der Waals surface area (Å²) in [5, 5.41) is 5.46. The van der Waals surface area contributed by atoms with Crippen LogP contribution in [0.1, 0.15) is 51.6 Å². The molecule has 2 amide bonds. The van der Waals surface area contributed by atoms with Gasteiger partial charge in [0.2, 0.25) is 0 Å². The number of urea groups is 1. The zero-order chi connectivity index (χ0) is 18.2. The van der Waals surface area contributed by atoms with Gasteiger partial charge in [-0.1, -0.05) is 38.5 Å². The molecule has 2 N–H and O–H groups in total. The fraction of sp³-hybridized carbons (Fsp3) is 0.474. The molecule has 0 radical (unpaired) electrons. The lowest BCUT2D eigenvalue weighted by atomic mass is 9.95. The molecule has 2 rings (SSSR count). The highest BCUT2D eigenvalue weighted by Gasteiger charge is 2.33. The molecule has 1 aromatic carbocycles. The molecule has 0 aliphatic carbocycles. The van der Waals surface area contributed by atoms with Gasteiger partial charge in [0.25, 0.3) is 0 Å². The molecule has 1 heterocycles. The third kappa shape index (κ3) is 4.75. The van der Waals surface area contributed by atoms with Gasteiger partial charge in [0.1, 0.15) is 5.75 Å². The second-order valence-corrected chi connectivity index (χ2v) is 5.95. The van der Waals surface area contributed by atoms with Crippen molar-refractivity contribution in [3.8, 4) is 5.75 Å². The van der Waals surface area contributed by atoms with Crippen molar-refractivity contribution in [3.05, 3.63) is 41.1 Å². The maximum absolute atomic E-state index is 12.5. The lowest BCUT2D eigenvalue weighted by molar-refractivity contribution is -0.139. The van der Waals surface area contributed by atoms with Gasteiger partial charge in [-0.3, -0.25) is 0 Å². The smallest absolute Gasteiger partial charge is 0.338 e. The predicted octanol–water partition coefficient (Wildman–Crippen LogP) is 3.45. The summed E-state index contributed by atoms with van der Waals surface area (Å²) in [6, 6.07) is 6.50. The number of ether oxygens (including phenoxy) is 2. The van der Waals surface area contributed by atoms with Crippen LogP contribution in [0.2, 0.25) is 0 Å². The van der Waals surface area contributed by atoms with E-state index >= 15 is 0 Å². The van der Waals surface area contributed by atoms with E-state index in [0.29, 0.717) is 30.2 Å². The average molecular weight is 346 g/mol. The van der Waals surface area contributed by atoms with Crippen LogP contribution in [0.3, 0.4) is 0 Å². The largest absolute Gasteiger partial charge is 0.493 e. The molecule has 0 fully saturated rings. The predicted molar refractivity (Wildman–Crippen MR) is 95.2 cm³/mol. The van der Waals surface area contributed by atoms with Crippen LogP contribution in [-0.4, -0.2) is 25.2 Å². The van der Waals surface area contributed by atoms with Gasteiger partial charge >= 0.3 is 12.0 Å². The summed E-state index contributed by atoms with van der Waals surface area (Å²) < 4.78 is 11.2. The van der Waals surface area contributed by atoms with Crippen LogP contribution in [0.25, 0.3) is 0 Å². The number of allylic oxidation sites excluding steroid dienone is 1. The van der Waals surface area contributed by atoms with E-state index in [1.807, 2.05) is 31.2 Å². The molecule has 6 nitrogen and oxygen atoms in total. The summed E-state index contributed by atoms with van der Waals surface area (Å²) in [4.78, 5) is 24.5. The van der Waals surface area contributed by atoms with Gasteiger partial charge in [-0.2, -0.15) is 0 Å². The summed E-state index contributed by atoms with van der Waals surface area (Å²) >= 11 is 0. The van der Waals surface area contributed by atoms with E-state index in [1.54, 1.807) is 6.92 Å². The maximum atomic E-state index is 12.5. The SMILES string of the molecule is CCCCOc1ccccc1[C@H]1NC(=O)NC(C)=C1C(=O)OCCC. The van der Waals surface area contributed by atoms with Gasteiger partial charge in [0.15, 0.2) is 0 Å². The van der Waals surface area contributed by atoms with E-state index in [9.17, 15) is 9.59 Å². The summed E-state index contributed by atoms with van der Waals surface area (Å²) in [7, 11) is 0. The quantitative estimate of drug-likeness (QED) is 0.558. The molecule has 136 valence electrons. The van der Waals surface area contributed by atoms with Crippen molar-refractivity contribution >= 4 is 12.0 Å². The number of hydrogen-bond donors (Lipinski definition) is 2. The Labute approximate surface area is 148 Å². The van der Waals surface area contributed by atoms with Crippen LogP contribution in [0.15, 0.2) is 35.5 Å². The molecule has 1 atom stereocenters. The van der Waals surface area contributed by atoms with Crippen LogP contribution in [0.5, 0.6) is 5.75 Å². The number of hydrogen-bond acceptors (Lipinski definition) is 4. The van der Waals surface area contributed by atoms with E-state index in [-0.39, 0.29) is 6.03 Å². The minimum absolute atomic E-state index is 0.338. The fourth-order valence-electron chi connectivity index (χ4n) is 2.65. The number of unbranched alkanes of at least 4 members (excludes halogenated alkanes) is 1. The maximum Gasteiger partial charge on any atom is 0.338 e. The van der Waals surface area contributed by atoms with Crippen molar-refractivity contribution in [2.75, 3.05) is 13.2 Å². The Morgan fingerprint density at radius 2 is 1.92 bits per heavy atom. The molecule has 0 unspecified atom stereocenters. The van der Waals surface area contributed by atoms with Crippen LogP contribution in [-0.2, 0) is 9.53 Å². The van der Waals surface area contributed by atoms with E-state index in [1.165, 1.54) is 0 Å². The summed E-state index contributed by atoms with van der Waals surface area (Å²) in [5.41, 5.74) is 1.65. The van der Waals surface area contributed by atoms with Crippen molar-refractivity contribution in [1.29, 1.82) is 0 Å². The summed E-state index contributed by atoms with van der Waals surface area (Å²) in [6.45, 7) is 6.66. The van der Waals surface area contributed by atoms with E-state index in [4.69, 9.17) is 9.47 Å². The van der Waals surface area contributed by atoms with Gasteiger partial charge in [-0.05, 0) is 25.8 Å². The first-order chi connectivity index (χ1) is 12.1. The number of nitrogens with one attached hydrogen (secondary N) is 2. The first kappa shape index (κ1) is 18.8. The van der Waals surface area contributed by atoms with Gasteiger partial charge < -0.3 is 20.1 Å². The van der Waals surface area contributed by atoms with Crippen molar-refractivity contribution in [3.63, 3.8) is 0 Å². The molecule has 0 bridgehead atoms. The second-order valence-electron chi connectivity index (χ2n) is 5.95. The van der Waals surface area contributed by atoms with Crippen LogP contribution in [0, 0.1) is 0 Å². The zero-order valence-electron chi connectivity index (χ0n) is 15.1. The first-order valence-corrected chi connectivity index (χ1v) is 8.75. The molecule has 0 spiro atoms. The van der Waals surface area contributed by atoms with Gasteiger partial charge in [0, 0.05) is 11.3 Å². The van der Waals surface area contributed by atoms with E-state index in [2.05, 4.69) is 17.6 Å². The molecular weight excluding hydrogens is 320 g/mol. The highest BCUT2D eigenvalue weighted by atomic mass is 16.5. The van der Waals surface area contributed by atoms with E-state index in [0.717, 1.165) is 24.8 Å². The Kier molecular flexibility index (Phi) is 6.86. The summed E-state index contributed by atoms with van der Waals surface area (Å²) in [6.07, 6.45) is 2.70. The highest BCUT2D eigenvalue weighted by molar-refractivity contribution is 5.95. The van der Waals surface area contributed by atoms with Crippen molar-refractivity contribution in [1.82, 2.24) is 10.6 Å². The Balaban J connectivity index is 2.35. The number of amides is 2. The molecule has 1 aliphatic rings. The van der Waals surface area contributed by atoms with Crippen LogP contribution < -0.4 is 15.4 Å². The third-order valence-electron chi connectivity index (χ3n) is 3.91. The Hall–Kier alpha value is -2.50. The molecule has 1 aliphatic heterocycles.